The van der Waals surface area contributed by atoms with Gasteiger partial charge in [-0.25, -0.2) is 4.98 Å². The molecule has 5 rings (SSSR count). The predicted octanol–water partition coefficient (Wildman–Crippen LogP) is 6.90. The zero-order valence-corrected chi connectivity index (χ0v) is 23.7. The third-order valence-corrected chi connectivity index (χ3v) is 7.07. The number of aromatic nitrogens is 2. The number of fused-ring (bicyclic) bond motifs is 1. The minimum absolute atomic E-state index is 0.336. The van der Waals surface area contributed by atoms with Gasteiger partial charge in [-0.1, -0.05) is 73.5 Å². The first kappa shape index (κ1) is 27.7. The summed E-state index contributed by atoms with van der Waals surface area (Å²) in [5.74, 6) is 2.63. The molecule has 0 saturated heterocycles. The number of benzene rings is 3. The Hall–Kier alpha value is -3.81. The molecule has 0 unspecified atom stereocenters. The molecule has 0 saturated carbocycles. The highest BCUT2D eigenvalue weighted by Crippen LogP contribution is 2.32. The summed E-state index contributed by atoms with van der Waals surface area (Å²) in [6.07, 6.45) is 2.10. The highest BCUT2D eigenvalue weighted by Gasteiger charge is 2.21. The van der Waals surface area contributed by atoms with Crippen molar-refractivity contribution in [3.8, 4) is 28.6 Å². The maximum absolute atomic E-state index is 11.4. The second-order valence-corrected chi connectivity index (χ2v) is 10.3. The standard InChI is InChI=1S/C32H34ClN3O4/c1-3-4-16-36-28(31(33)34-32(36)26-8-6-5-7-9-26)22-35(20-24-10-13-27(14-11-24)40-23(2)37)21-25-12-15-29-30(19-25)39-18-17-38-29/h5-15,19H,3-4,16-18,20-22H2,1-2H3. The summed E-state index contributed by atoms with van der Waals surface area (Å²) in [5, 5.41) is 0.521. The predicted molar refractivity (Wildman–Crippen MR) is 156 cm³/mol. The lowest BCUT2D eigenvalue weighted by atomic mass is 10.1. The van der Waals surface area contributed by atoms with Crippen LogP contribution in [-0.2, 0) is 31.0 Å². The van der Waals surface area contributed by atoms with Crippen molar-refractivity contribution in [1.82, 2.24) is 14.5 Å². The van der Waals surface area contributed by atoms with E-state index in [4.69, 9.17) is 30.8 Å². The Balaban J connectivity index is 1.46. The quantitative estimate of drug-likeness (QED) is 0.147. The van der Waals surface area contributed by atoms with Gasteiger partial charge in [-0.2, -0.15) is 0 Å². The number of ether oxygens (including phenoxy) is 3. The molecule has 3 aromatic carbocycles. The monoisotopic (exact) mass is 559 g/mol. The molecule has 1 aliphatic rings. The average molecular weight is 560 g/mol. The number of rotatable bonds is 11. The Labute approximate surface area is 240 Å². The van der Waals surface area contributed by atoms with Crippen molar-refractivity contribution in [2.75, 3.05) is 13.2 Å². The van der Waals surface area contributed by atoms with Gasteiger partial charge in [0.1, 0.15) is 24.8 Å². The minimum atomic E-state index is -0.336. The Morgan fingerprint density at radius 3 is 2.38 bits per heavy atom. The van der Waals surface area contributed by atoms with Crippen LogP contribution in [0.1, 0.15) is 43.5 Å². The number of hydrogen-bond acceptors (Lipinski definition) is 6. The fourth-order valence-corrected chi connectivity index (χ4v) is 5.13. The molecule has 7 nitrogen and oxygen atoms in total. The average Bonchev–Trinajstić information content (AvgIpc) is 3.27. The molecular formula is C32H34ClN3O4. The van der Waals surface area contributed by atoms with Crippen LogP contribution < -0.4 is 14.2 Å². The molecule has 0 spiro atoms. The molecule has 1 aliphatic heterocycles. The summed E-state index contributed by atoms with van der Waals surface area (Å²) >= 11 is 6.85. The summed E-state index contributed by atoms with van der Waals surface area (Å²) in [6, 6.07) is 23.9. The van der Waals surface area contributed by atoms with Crippen LogP contribution in [0.15, 0.2) is 72.8 Å². The van der Waals surface area contributed by atoms with Crippen molar-refractivity contribution >= 4 is 17.6 Å². The van der Waals surface area contributed by atoms with Crippen molar-refractivity contribution in [1.29, 1.82) is 0 Å². The van der Waals surface area contributed by atoms with Gasteiger partial charge in [0.25, 0.3) is 0 Å². The van der Waals surface area contributed by atoms with E-state index in [9.17, 15) is 4.79 Å². The van der Waals surface area contributed by atoms with Gasteiger partial charge in [-0.05, 0) is 41.8 Å². The van der Waals surface area contributed by atoms with E-state index in [0.29, 0.717) is 43.8 Å². The van der Waals surface area contributed by atoms with Gasteiger partial charge < -0.3 is 18.8 Å². The summed E-state index contributed by atoms with van der Waals surface area (Å²) in [6.45, 7) is 7.46. The van der Waals surface area contributed by atoms with Crippen LogP contribution in [0.3, 0.4) is 0 Å². The van der Waals surface area contributed by atoms with Gasteiger partial charge in [0.15, 0.2) is 16.7 Å². The second-order valence-electron chi connectivity index (χ2n) is 9.90. The molecule has 0 bridgehead atoms. The third kappa shape index (κ3) is 6.84. The highest BCUT2D eigenvalue weighted by molar-refractivity contribution is 6.30. The first-order valence-electron chi connectivity index (χ1n) is 13.7. The number of nitrogens with zero attached hydrogens (tertiary/aromatic N) is 3. The fraction of sp³-hybridized carbons (Fsp3) is 0.312. The lowest BCUT2D eigenvalue weighted by Crippen LogP contribution is -2.24. The van der Waals surface area contributed by atoms with Gasteiger partial charge in [-0.15, -0.1) is 0 Å². The van der Waals surface area contributed by atoms with Crippen LogP contribution in [0.25, 0.3) is 11.4 Å². The molecule has 208 valence electrons. The molecule has 0 N–H and O–H groups in total. The molecule has 1 aromatic heterocycles. The lowest BCUT2D eigenvalue weighted by molar-refractivity contribution is -0.131. The number of carbonyl (C=O) groups excluding carboxylic acids is 1. The maximum atomic E-state index is 11.4. The number of esters is 1. The summed E-state index contributed by atoms with van der Waals surface area (Å²) < 4.78 is 19.1. The molecule has 8 heteroatoms. The SMILES string of the molecule is CCCCn1c(-c2ccccc2)nc(Cl)c1CN(Cc1ccc(OC(C)=O)cc1)Cc1ccc2c(c1)OCCO2. The summed E-state index contributed by atoms with van der Waals surface area (Å²) in [4.78, 5) is 18.5. The van der Waals surface area contributed by atoms with Crippen LogP contribution in [0.5, 0.6) is 17.2 Å². The van der Waals surface area contributed by atoms with Crippen LogP contribution >= 0.6 is 11.6 Å². The third-order valence-electron chi connectivity index (χ3n) is 6.77. The van der Waals surface area contributed by atoms with E-state index in [0.717, 1.165) is 59.1 Å². The van der Waals surface area contributed by atoms with Crippen molar-refractivity contribution in [3.05, 3.63) is 94.8 Å². The van der Waals surface area contributed by atoms with Gasteiger partial charge in [0.2, 0.25) is 0 Å². The summed E-state index contributed by atoms with van der Waals surface area (Å²) in [5.41, 5.74) is 4.24. The molecular weight excluding hydrogens is 526 g/mol. The maximum Gasteiger partial charge on any atom is 0.308 e. The molecule has 0 aliphatic carbocycles. The first-order chi connectivity index (χ1) is 19.5. The number of hydrogen-bond donors (Lipinski definition) is 0. The number of halogens is 1. The molecule has 0 radical (unpaired) electrons. The number of imidazole rings is 1. The fourth-order valence-electron chi connectivity index (χ4n) is 4.88. The highest BCUT2D eigenvalue weighted by atomic mass is 35.5. The van der Waals surface area contributed by atoms with Crippen molar-refractivity contribution in [3.63, 3.8) is 0 Å². The van der Waals surface area contributed by atoms with Crippen LogP contribution in [0.4, 0.5) is 0 Å². The molecule has 40 heavy (non-hydrogen) atoms. The van der Waals surface area contributed by atoms with Gasteiger partial charge in [0, 0.05) is 38.7 Å². The van der Waals surface area contributed by atoms with Crippen LogP contribution in [0, 0.1) is 0 Å². The lowest BCUT2D eigenvalue weighted by Gasteiger charge is -2.25. The van der Waals surface area contributed by atoms with E-state index in [1.165, 1.54) is 6.92 Å². The zero-order valence-electron chi connectivity index (χ0n) is 22.9. The van der Waals surface area contributed by atoms with E-state index in [1.54, 1.807) is 0 Å². The van der Waals surface area contributed by atoms with Crippen molar-refractivity contribution < 1.29 is 19.0 Å². The van der Waals surface area contributed by atoms with Gasteiger partial charge in [0.05, 0.1) is 5.69 Å². The normalized spacial score (nSPS) is 12.5. The van der Waals surface area contributed by atoms with Crippen molar-refractivity contribution in [2.24, 2.45) is 0 Å². The molecule has 4 aromatic rings. The van der Waals surface area contributed by atoms with E-state index < -0.39 is 0 Å². The van der Waals surface area contributed by atoms with E-state index in [1.807, 2.05) is 48.5 Å². The number of carbonyl (C=O) groups is 1. The number of unbranched alkanes of at least 4 members (excludes halogenated alkanes) is 1. The Morgan fingerprint density at radius 1 is 0.950 bits per heavy atom. The summed E-state index contributed by atoms with van der Waals surface area (Å²) in [7, 11) is 0. The first-order valence-corrected chi connectivity index (χ1v) is 14.1. The van der Waals surface area contributed by atoms with Crippen LogP contribution in [0.2, 0.25) is 5.15 Å². The van der Waals surface area contributed by atoms with E-state index >= 15 is 0 Å². The van der Waals surface area contributed by atoms with E-state index in [-0.39, 0.29) is 5.97 Å². The van der Waals surface area contributed by atoms with Gasteiger partial charge >= 0.3 is 5.97 Å². The smallest absolute Gasteiger partial charge is 0.308 e. The van der Waals surface area contributed by atoms with Gasteiger partial charge in [-0.3, -0.25) is 9.69 Å². The molecule has 0 atom stereocenters. The van der Waals surface area contributed by atoms with Crippen LogP contribution in [-0.4, -0.2) is 33.6 Å². The zero-order chi connectivity index (χ0) is 27.9. The Kier molecular flexibility index (Phi) is 9.04. The largest absolute Gasteiger partial charge is 0.486 e. The Bertz CT molecular complexity index is 1440. The molecule has 0 fully saturated rings. The Morgan fingerprint density at radius 2 is 1.65 bits per heavy atom. The molecule has 2 heterocycles. The minimum Gasteiger partial charge on any atom is -0.486 e. The topological polar surface area (TPSA) is 65.8 Å². The molecule has 0 amide bonds. The second kappa shape index (κ2) is 13.0. The van der Waals surface area contributed by atoms with Crippen molar-refractivity contribution in [2.45, 2.75) is 52.9 Å². The van der Waals surface area contributed by atoms with E-state index in [2.05, 4.69) is 40.7 Å².